The molecule has 0 aliphatic heterocycles. The van der Waals surface area contributed by atoms with Crippen LogP contribution >= 0.6 is 11.6 Å². The zero-order valence-electron chi connectivity index (χ0n) is 9.03. The second-order valence-corrected chi connectivity index (χ2v) is 4.85. The molecule has 0 aromatic heterocycles. The molecule has 1 saturated carbocycles. The maximum absolute atomic E-state index is 11.0. The van der Waals surface area contributed by atoms with Gasteiger partial charge in [0.05, 0.1) is 5.56 Å². The van der Waals surface area contributed by atoms with Crippen LogP contribution in [0, 0.1) is 5.92 Å². The summed E-state index contributed by atoms with van der Waals surface area (Å²) in [6.07, 6.45) is 2.20. The van der Waals surface area contributed by atoms with E-state index in [0.717, 1.165) is 18.8 Å². The SMILES string of the molecule is CC1CC(Nc2ccc(Cl)cc2C(=O)O)C1. The lowest BCUT2D eigenvalue weighted by molar-refractivity contribution is 0.0698. The number of carboxylic acid groups (broad SMARTS) is 1. The van der Waals surface area contributed by atoms with Gasteiger partial charge in [-0.25, -0.2) is 4.79 Å². The molecule has 1 aromatic rings. The molecule has 1 fully saturated rings. The van der Waals surface area contributed by atoms with Crippen LogP contribution in [0.2, 0.25) is 5.02 Å². The first kappa shape index (κ1) is 11.3. The van der Waals surface area contributed by atoms with Crippen molar-refractivity contribution in [1.29, 1.82) is 0 Å². The van der Waals surface area contributed by atoms with E-state index in [9.17, 15) is 4.79 Å². The molecule has 1 aromatic carbocycles. The quantitative estimate of drug-likeness (QED) is 0.851. The van der Waals surface area contributed by atoms with Gasteiger partial charge in [0.15, 0.2) is 0 Å². The lowest BCUT2D eigenvalue weighted by atomic mass is 9.81. The van der Waals surface area contributed by atoms with Crippen LogP contribution in [-0.2, 0) is 0 Å². The van der Waals surface area contributed by atoms with Crippen LogP contribution in [0.15, 0.2) is 18.2 Å². The van der Waals surface area contributed by atoms with Gasteiger partial charge in [0.2, 0.25) is 0 Å². The van der Waals surface area contributed by atoms with Gasteiger partial charge in [0.25, 0.3) is 0 Å². The molecule has 0 amide bonds. The predicted octanol–water partition coefficient (Wildman–Crippen LogP) is 3.25. The third-order valence-electron chi connectivity index (χ3n) is 2.95. The maximum atomic E-state index is 11.0. The third-order valence-corrected chi connectivity index (χ3v) is 3.18. The molecule has 0 unspecified atom stereocenters. The van der Waals surface area contributed by atoms with Crippen molar-refractivity contribution in [2.75, 3.05) is 5.32 Å². The third kappa shape index (κ3) is 2.30. The highest BCUT2D eigenvalue weighted by Gasteiger charge is 2.26. The molecule has 16 heavy (non-hydrogen) atoms. The monoisotopic (exact) mass is 239 g/mol. The summed E-state index contributed by atoms with van der Waals surface area (Å²) in [7, 11) is 0. The first-order valence-electron chi connectivity index (χ1n) is 5.35. The predicted molar refractivity (Wildman–Crippen MR) is 64.2 cm³/mol. The summed E-state index contributed by atoms with van der Waals surface area (Å²) in [5.74, 6) is -0.213. The lowest BCUT2D eigenvalue weighted by Gasteiger charge is -2.34. The normalized spacial score (nSPS) is 23.6. The number of nitrogens with one attached hydrogen (secondary N) is 1. The average molecular weight is 240 g/mol. The van der Waals surface area contributed by atoms with E-state index in [2.05, 4.69) is 12.2 Å². The molecule has 1 aliphatic rings. The minimum Gasteiger partial charge on any atom is -0.478 e. The van der Waals surface area contributed by atoms with Crippen molar-refractivity contribution in [1.82, 2.24) is 0 Å². The highest BCUT2D eigenvalue weighted by Crippen LogP contribution is 2.31. The smallest absolute Gasteiger partial charge is 0.337 e. The topological polar surface area (TPSA) is 49.3 Å². The number of anilines is 1. The number of benzene rings is 1. The minimum absolute atomic E-state index is 0.243. The molecule has 0 spiro atoms. The van der Waals surface area contributed by atoms with Gasteiger partial charge in [0.1, 0.15) is 0 Å². The van der Waals surface area contributed by atoms with E-state index < -0.39 is 5.97 Å². The van der Waals surface area contributed by atoms with Gasteiger partial charge < -0.3 is 10.4 Å². The number of hydrogen-bond acceptors (Lipinski definition) is 2. The summed E-state index contributed by atoms with van der Waals surface area (Å²) < 4.78 is 0. The Morgan fingerprint density at radius 2 is 2.19 bits per heavy atom. The number of halogens is 1. The molecule has 4 heteroatoms. The van der Waals surface area contributed by atoms with Crippen molar-refractivity contribution in [2.45, 2.75) is 25.8 Å². The van der Waals surface area contributed by atoms with Crippen molar-refractivity contribution >= 4 is 23.3 Å². The molecule has 1 aliphatic carbocycles. The van der Waals surface area contributed by atoms with E-state index in [1.165, 1.54) is 6.07 Å². The standard InChI is InChI=1S/C12H14ClNO2/c1-7-4-9(5-7)14-11-3-2-8(13)6-10(11)12(15)16/h2-3,6-7,9,14H,4-5H2,1H3,(H,15,16). The van der Waals surface area contributed by atoms with Gasteiger partial charge in [-0.05, 0) is 37.0 Å². The fourth-order valence-electron chi connectivity index (χ4n) is 2.06. The molecule has 0 atom stereocenters. The zero-order valence-corrected chi connectivity index (χ0v) is 9.79. The maximum Gasteiger partial charge on any atom is 0.337 e. The average Bonchev–Trinajstić information content (AvgIpc) is 2.17. The summed E-state index contributed by atoms with van der Waals surface area (Å²) in [6, 6.07) is 5.32. The summed E-state index contributed by atoms with van der Waals surface area (Å²) in [4.78, 5) is 11.0. The number of aromatic carboxylic acids is 1. The lowest BCUT2D eigenvalue weighted by Crippen LogP contribution is -2.34. The largest absolute Gasteiger partial charge is 0.478 e. The Hall–Kier alpha value is -1.22. The molecule has 86 valence electrons. The first-order valence-corrected chi connectivity index (χ1v) is 5.73. The Morgan fingerprint density at radius 1 is 1.50 bits per heavy atom. The Bertz CT molecular complexity index is 413. The van der Waals surface area contributed by atoms with Crippen LogP contribution in [0.3, 0.4) is 0 Å². The summed E-state index contributed by atoms with van der Waals surface area (Å²) in [5, 5.41) is 12.7. The first-order chi connectivity index (χ1) is 7.56. The summed E-state index contributed by atoms with van der Waals surface area (Å²) in [5.41, 5.74) is 0.904. The molecule has 0 radical (unpaired) electrons. The molecule has 0 saturated heterocycles. The van der Waals surface area contributed by atoms with Crippen LogP contribution in [0.25, 0.3) is 0 Å². The molecule has 0 bridgehead atoms. The van der Waals surface area contributed by atoms with Crippen LogP contribution in [0.5, 0.6) is 0 Å². The van der Waals surface area contributed by atoms with Gasteiger partial charge in [-0.15, -0.1) is 0 Å². The van der Waals surface area contributed by atoms with Crippen molar-refractivity contribution in [3.63, 3.8) is 0 Å². The fourth-order valence-corrected chi connectivity index (χ4v) is 2.23. The van der Waals surface area contributed by atoms with Gasteiger partial charge in [0, 0.05) is 16.8 Å². The van der Waals surface area contributed by atoms with Gasteiger partial charge in [-0.1, -0.05) is 18.5 Å². The Kier molecular flexibility index (Phi) is 3.06. The Labute approximate surface area is 99.4 Å². The van der Waals surface area contributed by atoms with Crippen molar-refractivity contribution in [3.8, 4) is 0 Å². The zero-order chi connectivity index (χ0) is 11.7. The Balaban J connectivity index is 2.16. The summed E-state index contributed by atoms with van der Waals surface area (Å²) >= 11 is 5.78. The van der Waals surface area contributed by atoms with Crippen molar-refractivity contribution < 1.29 is 9.90 Å². The molecule has 0 heterocycles. The number of hydrogen-bond donors (Lipinski definition) is 2. The minimum atomic E-state index is -0.947. The second-order valence-electron chi connectivity index (χ2n) is 4.41. The van der Waals surface area contributed by atoms with Crippen LogP contribution < -0.4 is 5.32 Å². The summed E-state index contributed by atoms with van der Waals surface area (Å²) in [6.45, 7) is 2.19. The second kappa shape index (κ2) is 4.34. The highest BCUT2D eigenvalue weighted by molar-refractivity contribution is 6.31. The Morgan fingerprint density at radius 3 is 2.75 bits per heavy atom. The molecular formula is C12H14ClNO2. The van der Waals surface area contributed by atoms with E-state index >= 15 is 0 Å². The van der Waals surface area contributed by atoms with Gasteiger partial charge in [-0.3, -0.25) is 0 Å². The van der Waals surface area contributed by atoms with E-state index in [4.69, 9.17) is 16.7 Å². The number of carboxylic acids is 1. The van der Waals surface area contributed by atoms with Crippen molar-refractivity contribution in [2.24, 2.45) is 5.92 Å². The number of rotatable bonds is 3. The molecule has 3 nitrogen and oxygen atoms in total. The van der Waals surface area contributed by atoms with E-state index in [1.807, 2.05) is 0 Å². The molecular weight excluding hydrogens is 226 g/mol. The highest BCUT2D eigenvalue weighted by atomic mass is 35.5. The van der Waals surface area contributed by atoms with E-state index in [-0.39, 0.29) is 5.56 Å². The van der Waals surface area contributed by atoms with E-state index in [0.29, 0.717) is 16.8 Å². The van der Waals surface area contributed by atoms with E-state index in [1.54, 1.807) is 12.1 Å². The molecule has 2 N–H and O–H groups in total. The van der Waals surface area contributed by atoms with Gasteiger partial charge in [-0.2, -0.15) is 0 Å². The number of carbonyl (C=O) groups is 1. The van der Waals surface area contributed by atoms with Crippen LogP contribution in [0.4, 0.5) is 5.69 Å². The van der Waals surface area contributed by atoms with Gasteiger partial charge >= 0.3 is 5.97 Å². The van der Waals surface area contributed by atoms with Crippen molar-refractivity contribution in [3.05, 3.63) is 28.8 Å². The fraction of sp³-hybridized carbons (Fsp3) is 0.417. The van der Waals surface area contributed by atoms with Crippen LogP contribution in [-0.4, -0.2) is 17.1 Å². The molecule has 2 rings (SSSR count). The van der Waals surface area contributed by atoms with Crippen LogP contribution in [0.1, 0.15) is 30.1 Å².